The molecule has 0 saturated carbocycles. The van der Waals surface area contributed by atoms with Crippen LogP contribution in [0.5, 0.6) is 0 Å². The van der Waals surface area contributed by atoms with Gasteiger partial charge in [0.1, 0.15) is 4.90 Å². The van der Waals surface area contributed by atoms with Crippen LogP contribution in [0, 0.1) is 0 Å². The van der Waals surface area contributed by atoms with Crippen molar-refractivity contribution in [3.05, 3.63) is 35.7 Å². The number of hydrogen-bond acceptors (Lipinski definition) is 5. The molecule has 21 heavy (non-hydrogen) atoms. The van der Waals surface area contributed by atoms with Gasteiger partial charge in [0.2, 0.25) is 0 Å². The molecule has 2 rings (SSSR count). The van der Waals surface area contributed by atoms with E-state index in [0.717, 1.165) is 13.1 Å². The third-order valence-corrected chi connectivity index (χ3v) is 4.28. The van der Waals surface area contributed by atoms with Gasteiger partial charge in [-0.25, -0.2) is 13.4 Å². The van der Waals surface area contributed by atoms with E-state index in [1.807, 2.05) is 6.92 Å². The Hall–Kier alpha value is -1.64. The van der Waals surface area contributed by atoms with Crippen LogP contribution < -0.4 is 10.0 Å². The van der Waals surface area contributed by atoms with Gasteiger partial charge in [0.05, 0.1) is 17.8 Å². The topological polar surface area (TPSA) is 88.9 Å². The van der Waals surface area contributed by atoms with Gasteiger partial charge in [0, 0.05) is 18.9 Å². The molecule has 0 unspecified atom stereocenters. The second-order valence-electron chi connectivity index (χ2n) is 4.23. The van der Waals surface area contributed by atoms with Gasteiger partial charge in [0.15, 0.2) is 5.82 Å². The van der Waals surface area contributed by atoms with E-state index in [9.17, 15) is 8.42 Å². The number of halogens is 1. The molecule has 0 aliphatic carbocycles. The van der Waals surface area contributed by atoms with Crippen LogP contribution in [0.3, 0.4) is 0 Å². The van der Waals surface area contributed by atoms with Crippen molar-refractivity contribution in [1.29, 1.82) is 0 Å². The van der Waals surface area contributed by atoms with E-state index >= 15 is 0 Å². The number of nitrogens with one attached hydrogen (secondary N) is 2. The molecular weight excluding hydrogens is 314 g/mol. The van der Waals surface area contributed by atoms with Crippen LogP contribution in [-0.2, 0) is 16.6 Å². The maximum Gasteiger partial charge on any atom is 0.266 e. The minimum Gasteiger partial charge on any atom is -0.315 e. The van der Waals surface area contributed by atoms with Gasteiger partial charge in [-0.15, -0.1) is 0 Å². The summed E-state index contributed by atoms with van der Waals surface area (Å²) < 4.78 is 28.3. The van der Waals surface area contributed by atoms with Gasteiger partial charge in [-0.1, -0.05) is 18.5 Å². The van der Waals surface area contributed by atoms with Crippen molar-refractivity contribution < 1.29 is 8.42 Å². The Morgan fingerprint density at radius 3 is 2.95 bits per heavy atom. The highest BCUT2D eigenvalue weighted by atomic mass is 35.5. The standard InChI is InChI=1S/C12H16ClN5O2S/c1-2-14-6-7-18-9-10(8-16-18)21(19,20)17-12-11(13)4-3-5-15-12/h3-5,8-9,14H,2,6-7H2,1H3,(H,15,17). The molecule has 2 N–H and O–H groups in total. The van der Waals surface area contributed by atoms with Crippen molar-refractivity contribution in [2.45, 2.75) is 18.4 Å². The Bertz CT molecular complexity index is 701. The van der Waals surface area contributed by atoms with E-state index in [4.69, 9.17) is 11.6 Å². The predicted octanol–water partition coefficient (Wildman–Crippen LogP) is 1.34. The molecule has 0 atom stereocenters. The van der Waals surface area contributed by atoms with E-state index in [0.29, 0.717) is 6.54 Å². The normalized spacial score (nSPS) is 11.5. The lowest BCUT2D eigenvalue weighted by Crippen LogP contribution is -2.19. The minimum absolute atomic E-state index is 0.0701. The fourth-order valence-corrected chi connectivity index (χ4v) is 2.83. The van der Waals surface area contributed by atoms with Crippen molar-refractivity contribution in [2.75, 3.05) is 17.8 Å². The van der Waals surface area contributed by atoms with Crippen molar-refractivity contribution in [1.82, 2.24) is 20.1 Å². The van der Waals surface area contributed by atoms with Crippen molar-refractivity contribution in [3.8, 4) is 0 Å². The zero-order chi connectivity index (χ0) is 15.3. The van der Waals surface area contributed by atoms with Gasteiger partial charge < -0.3 is 5.32 Å². The summed E-state index contributed by atoms with van der Waals surface area (Å²) in [6.07, 6.45) is 4.23. The van der Waals surface area contributed by atoms with Crippen molar-refractivity contribution in [3.63, 3.8) is 0 Å². The van der Waals surface area contributed by atoms with E-state index < -0.39 is 10.0 Å². The van der Waals surface area contributed by atoms with Crippen LogP contribution in [0.15, 0.2) is 35.6 Å². The van der Waals surface area contributed by atoms with E-state index in [1.165, 1.54) is 18.6 Å². The second kappa shape index (κ2) is 6.88. The fourth-order valence-electron chi connectivity index (χ4n) is 1.62. The summed E-state index contributed by atoms with van der Waals surface area (Å²) in [5.74, 6) is 0.0968. The molecule has 2 aromatic rings. The molecule has 114 valence electrons. The van der Waals surface area contributed by atoms with Crippen LogP contribution in [0.4, 0.5) is 5.82 Å². The quantitative estimate of drug-likeness (QED) is 0.748. The number of hydrogen-bond donors (Lipinski definition) is 2. The molecule has 0 aromatic carbocycles. The molecular formula is C12H16ClN5O2S. The summed E-state index contributed by atoms with van der Waals surface area (Å²) in [5, 5.41) is 7.40. The number of nitrogens with zero attached hydrogens (tertiary/aromatic N) is 3. The Morgan fingerprint density at radius 2 is 2.24 bits per heavy atom. The molecule has 0 saturated heterocycles. The number of rotatable bonds is 7. The first-order valence-corrected chi connectivity index (χ1v) is 8.25. The summed E-state index contributed by atoms with van der Waals surface area (Å²) in [5.41, 5.74) is 0. The van der Waals surface area contributed by atoms with E-state index in [1.54, 1.807) is 16.8 Å². The SMILES string of the molecule is CCNCCn1cc(S(=O)(=O)Nc2ncccc2Cl)cn1. The van der Waals surface area contributed by atoms with E-state index in [-0.39, 0.29) is 15.7 Å². The van der Waals surface area contributed by atoms with Crippen molar-refractivity contribution in [2.24, 2.45) is 0 Å². The third-order valence-electron chi connectivity index (χ3n) is 2.68. The number of anilines is 1. The zero-order valence-electron chi connectivity index (χ0n) is 11.5. The van der Waals surface area contributed by atoms with E-state index in [2.05, 4.69) is 20.1 Å². The monoisotopic (exact) mass is 329 g/mol. The lowest BCUT2D eigenvalue weighted by Gasteiger charge is -2.06. The highest BCUT2D eigenvalue weighted by molar-refractivity contribution is 7.92. The Labute approximate surface area is 128 Å². The number of likely N-dealkylation sites (N-methyl/N-ethyl adjacent to an activating group) is 1. The summed E-state index contributed by atoms with van der Waals surface area (Å²) in [6, 6.07) is 3.19. The first kappa shape index (κ1) is 15.7. The van der Waals surface area contributed by atoms with Crippen LogP contribution >= 0.6 is 11.6 Å². The number of aromatic nitrogens is 3. The Morgan fingerprint density at radius 1 is 1.43 bits per heavy atom. The molecule has 9 heteroatoms. The number of pyridine rings is 1. The highest BCUT2D eigenvalue weighted by Gasteiger charge is 2.18. The van der Waals surface area contributed by atoms with Crippen LogP contribution in [0.25, 0.3) is 0 Å². The molecule has 0 amide bonds. The minimum atomic E-state index is -3.75. The van der Waals surface area contributed by atoms with Gasteiger partial charge in [-0.05, 0) is 18.7 Å². The third kappa shape index (κ3) is 4.16. The van der Waals surface area contributed by atoms with Crippen LogP contribution in [-0.4, -0.2) is 36.3 Å². The lowest BCUT2D eigenvalue weighted by molar-refractivity contribution is 0.564. The average Bonchev–Trinajstić information content (AvgIpc) is 2.91. The predicted molar refractivity (Wildman–Crippen MR) is 80.8 cm³/mol. The molecule has 0 radical (unpaired) electrons. The first-order valence-electron chi connectivity index (χ1n) is 6.39. The first-order chi connectivity index (χ1) is 10.0. The second-order valence-corrected chi connectivity index (χ2v) is 6.32. The Balaban J connectivity index is 2.11. The molecule has 2 heterocycles. The summed E-state index contributed by atoms with van der Waals surface area (Å²) >= 11 is 5.89. The van der Waals surface area contributed by atoms with Gasteiger partial charge in [0.25, 0.3) is 10.0 Å². The van der Waals surface area contributed by atoms with Gasteiger partial charge >= 0.3 is 0 Å². The summed E-state index contributed by atoms with van der Waals surface area (Å²) in [6.45, 7) is 4.16. The largest absolute Gasteiger partial charge is 0.315 e. The molecule has 2 aromatic heterocycles. The van der Waals surface area contributed by atoms with Crippen LogP contribution in [0.1, 0.15) is 6.92 Å². The summed E-state index contributed by atoms with van der Waals surface area (Å²) in [7, 11) is -3.75. The van der Waals surface area contributed by atoms with Gasteiger partial charge in [-0.3, -0.25) is 9.40 Å². The smallest absolute Gasteiger partial charge is 0.266 e. The molecule has 0 fully saturated rings. The van der Waals surface area contributed by atoms with Gasteiger partial charge in [-0.2, -0.15) is 5.10 Å². The maximum atomic E-state index is 12.2. The lowest BCUT2D eigenvalue weighted by atomic mass is 10.5. The van der Waals surface area contributed by atoms with Crippen LogP contribution in [0.2, 0.25) is 5.02 Å². The zero-order valence-corrected chi connectivity index (χ0v) is 13.0. The molecule has 0 aliphatic rings. The highest BCUT2D eigenvalue weighted by Crippen LogP contribution is 2.21. The molecule has 0 bridgehead atoms. The Kier molecular flexibility index (Phi) is 5.16. The molecule has 0 aliphatic heterocycles. The van der Waals surface area contributed by atoms with Crippen molar-refractivity contribution >= 4 is 27.4 Å². The molecule has 7 nitrogen and oxygen atoms in total. The fraction of sp³-hybridized carbons (Fsp3) is 0.333. The maximum absolute atomic E-state index is 12.2. The molecule has 0 spiro atoms. The average molecular weight is 330 g/mol. The summed E-state index contributed by atoms with van der Waals surface area (Å²) in [4.78, 5) is 3.97. The number of sulfonamides is 1.